The van der Waals surface area contributed by atoms with Crippen LogP contribution < -0.4 is 0 Å². The van der Waals surface area contributed by atoms with E-state index in [2.05, 4.69) is 0 Å². The number of aliphatic hydroxyl groups is 1. The lowest BCUT2D eigenvalue weighted by Crippen LogP contribution is -2.61. The molecule has 0 aromatic heterocycles. The number of amides is 1. The third-order valence-corrected chi connectivity index (χ3v) is 4.17. The molecule has 7 nitrogen and oxygen atoms in total. The van der Waals surface area contributed by atoms with Crippen LogP contribution in [0.25, 0.3) is 0 Å². The highest BCUT2D eigenvalue weighted by Gasteiger charge is 2.40. The van der Waals surface area contributed by atoms with Gasteiger partial charge in [0.05, 0.1) is 5.60 Å². The second-order valence-electron chi connectivity index (χ2n) is 8.97. The van der Waals surface area contributed by atoms with E-state index in [1.807, 2.05) is 26.8 Å². The summed E-state index contributed by atoms with van der Waals surface area (Å²) >= 11 is 0. The van der Waals surface area contributed by atoms with Gasteiger partial charge in [0.15, 0.2) is 5.78 Å². The first-order chi connectivity index (χ1) is 12.9. The molecule has 1 amide bonds. The molecule has 1 aliphatic rings. The Morgan fingerprint density at radius 3 is 2.18 bits per heavy atom. The maximum absolute atomic E-state index is 13.1. The van der Waals surface area contributed by atoms with Gasteiger partial charge in [-0.05, 0) is 41.5 Å². The average Bonchev–Trinajstić information content (AvgIpc) is 2.58. The lowest BCUT2D eigenvalue weighted by molar-refractivity contribution is -0.245. The molecule has 0 radical (unpaired) electrons. The normalized spacial score (nSPS) is 20.0. The van der Waals surface area contributed by atoms with Gasteiger partial charge in [0.2, 0.25) is 6.41 Å². The summed E-state index contributed by atoms with van der Waals surface area (Å²) in [5.74, 6) is -0.195. The first kappa shape index (κ1) is 22.3. The van der Waals surface area contributed by atoms with Gasteiger partial charge < -0.3 is 14.6 Å². The predicted octanol–water partition coefficient (Wildman–Crippen LogP) is 2.88. The topological polar surface area (TPSA) is 79.3 Å². The van der Waals surface area contributed by atoms with Crippen LogP contribution in [0.5, 0.6) is 0 Å². The largest absolute Gasteiger partial charge is 0.444 e. The minimum Gasteiger partial charge on any atom is -0.444 e. The van der Waals surface area contributed by atoms with Gasteiger partial charge in [-0.15, -0.1) is 0 Å². The summed E-state index contributed by atoms with van der Waals surface area (Å²) < 4.78 is 11.1. The number of aliphatic hydroxyl groups excluding tert-OH is 1. The van der Waals surface area contributed by atoms with Crippen molar-refractivity contribution >= 4 is 11.9 Å². The number of rotatable bonds is 4. The van der Waals surface area contributed by atoms with E-state index < -0.39 is 29.8 Å². The van der Waals surface area contributed by atoms with E-state index in [1.165, 1.54) is 4.90 Å². The molecule has 1 aromatic carbocycles. The van der Waals surface area contributed by atoms with Crippen molar-refractivity contribution < 1.29 is 24.2 Å². The predicted molar refractivity (Wildman–Crippen MR) is 106 cm³/mol. The van der Waals surface area contributed by atoms with Gasteiger partial charge in [-0.25, -0.2) is 4.79 Å². The highest BCUT2D eigenvalue weighted by Crippen LogP contribution is 2.22. The van der Waals surface area contributed by atoms with Crippen LogP contribution in [0.15, 0.2) is 30.3 Å². The van der Waals surface area contributed by atoms with Gasteiger partial charge in [0, 0.05) is 25.2 Å². The van der Waals surface area contributed by atoms with E-state index >= 15 is 0 Å². The van der Waals surface area contributed by atoms with Crippen LogP contribution in [0.1, 0.15) is 51.9 Å². The van der Waals surface area contributed by atoms with Crippen molar-refractivity contribution in [2.24, 2.45) is 0 Å². The highest BCUT2D eigenvalue weighted by atomic mass is 16.6. The van der Waals surface area contributed by atoms with E-state index in [9.17, 15) is 14.7 Å². The Kier molecular flexibility index (Phi) is 6.85. The van der Waals surface area contributed by atoms with Gasteiger partial charge in [0.25, 0.3) is 0 Å². The van der Waals surface area contributed by atoms with E-state index in [0.29, 0.717) is 12.1 Å². The Balaban J connectivity index is 2.24. The Morgan fingerprint density at radius 2 is 1.64 bits per heavy atom. The fraction of sp³-hybridized carbons (Fsp3) is 0.619. The lowest BCUT2D eigenvalue weighted by atomic mass is 10.0. The van der Waals surface area contributed by atoms with Crippen molar-refractivity contribution in [2.75, 3.05) is 19.6 Å². The summed E-state index contributed by atoms with van der Waals surface area (Å²) in [6, 6.07) is 8.06. The number of benzene rings is 1. The van der Waals surface area contributed by atoms with Crippen LogP contribution in [0.3, 0.4) is 0 Å². The zero-order valence-electron chi connectivity index (χ0n) is 17.6. The van der Waals surface area contributed by atoms with Gasteiger partial charge in [-0.2, -0.15) is 0 Å². The summed E-state index contributed by atoms with van der Waals surface area (Å²) in [7, 11) is 0. The van der Waals surface area contributed by atoms with Crippen LogP contribution >= 0.6 is 0 Å². The molecule has 7 heteroatoms. The second-order valence-corrected chi connectivity index (χ2v) is 8.97. The molecule has 0 saturated carbocycles. The Bertz CT molecular complexity index is 678. The van der Waals surface area contributed by atoms with Crippen LogP contribution in [0.4, 0.5) is 4.79 Å². The number of Topliss-reactive ketones (excluding diaryl/α,β-unsaturated/α-hetero) is 1. The highest BCUT2D eigenvalue weighted by molar-refractivity contribution is 6.01. The number of ether oxygens (including phenoxy) is 2. The third-order valence-electron chi connectivity index (χ3n) is 4.17. The van der Waals surface area contributed by atoms with Gasteiger partial charge >= 0.3 is 6.09 Å². The van der Waals surface area contributed by atoms with E-state index in [4.69, 9.17) is 9.47 Å². The van der Waals surface area contributed by atoms with E-state index in [1.54, 1.807) is 49.9 Å². The number of carbonyl (C=O) groups is 2. The molecule has 0 spiro atoms. The summed E-state index contributed by atoms with van der Waals surface area (Å²) in [6.07, 6.45) is -1.69. The van der Waals surface area contributed by atoms with Gasteiger partial charge in [-0.3, -0.25) is 14.6 Å². The minimum atomic E-state index is -1.16. The zero-order chi connectivity index (χ0) is 21.1. The maximum atomic E-state index is 13.1. The Labute approximate surface area is 167 Å². The second kappa shape index (κ2) is 8.59. The molecule has 1 aliphatic heterocycles. The van der Waals surface area contributed by atoms with Crippen molar-refractivity contribution in [1.82, 2.24) is 9.80 Å². The fourth-order valence-electron chi connectivity index (χ4n) is 2.95. The molecule has 2 rings (SSSR count). The zero-order valence-corrected chi connectivity index (χ0v) is 17.6. The molecule has 1 N–H and O–H groups in total. The first-order valence-electron chi connectivity index (χ1n) is 9.56. The molecule has 0 aliphatic carbocycles. The molecule has 28 heavy (non-hydrogen) atoms. The van der Waals surface area contributed by atoms with Gasteiger partial charge in [0.1, 0.15) is 11.6 Å². The molecule has 0 bridgehead atoms. The molecule has 156 valence electrons. The number of nitrogens with zero attached hydrogens (tertiary/aromatic N) is 2. The van der Waals surface area contributed by atoms with Crippen molar-refractivity contribution in [3.63, 3.8) is 0 Å². The van der Waals surface area contributed by atoms with Crippen molar-refractivity contribution in [2.45, 2.75) is 65.2 Å². The molecule has 1 saturated heterocycles. The Hall–Kier alpha value is -1.96. The molecule has 1 aromatic rings. The minimum absolute atomic E-state index is 0.157. The number of hydrogen-bond acceptors (Lipinski definition) is 6. The smallest absolute Gasteiger partial charge is 0.411 e. The lowest BCUT2D eigenvalue weighted by Gasteiger charge is -2.43. The number of carbonyl (C=O) groups excluding carboxylic acids is 2. The van der Waals surface area contributed by atoms with Crippen molar-refractivity contribution in [1.29, 1.82) is 0 Å². The molecular formula is C21H32N2O5. The molecule has 1 heterocycles. The Morgan fingerprint density at radius 1 is 1.04 bits per heavy atom. The van der Waals surface area contributed by atoms with Crippen molar-refractivity contribution in [3.8, 4) is 0 Å². The SMILES string of the molecule is CC(C)(C)OC(=O)N1CCN(C(O)OC(C)(C)C)C[C@@H]1C(=O)c1ccccc1. The van der Waals surface area contributed by atoms with Crippen LogP contribution in [0, 0.1) is 0 Å². The van der Waals surface area contributed by atoms with E-state index in [0.717, 1.165) is 0 Å². The summed E-state index contributed by atoms with van der Waals surface area (Å²) in [6.45, 7) is 11.7. The monoisotopic (exact) mass is 392 g/mol. The molecule has 1 fully saturated rings. The number of hydrogen-bond donors (Lipinski definition) is 1. The summed E-state index contributed by atoms with van der Waals surface area (Å²) in [5.41, 5.74) is -0.696. The molecule has 2 atom stereocenters. The molecule has 1 unspecified atom stereocenters. The average molecular weight is 392 g/mol. The van der Waals surface area contributed by atoms with Crippen LogP contribution in [-0.2, 0) is 9.47 Å². The maximum Gasteiger partial charge on any atom is 0.411 e. The summed E-state index contributed by atoms with van der Waals surface area (Å²) in [4.78, 5) is 28.9. The van der Waals surface area contributed by atoms with Crippen LogP contribution in [-0.4, -0.2) is 70.1 Å². The third kappa shape index (κ3) is 6.29. The summed E-state index contributed by atoms with van der Waals surface area (Å²) in [5, 5.41) is 10.4. The number of piperazine rings is 1. The van der Waals surface area contributed by atoms with E-state index in [-0.39, 0.29) is 18.9 Å². The van der Waals surface area contributed by atoms with Gasteiger partial charge in [-0.1, -0.05) is 30.3 Å². The van der Waals surface area contributed by atoms with Crippen LogP contribution in [0.2, 0.25) is 0 Å². The molecular weight excluding hydrogens is 360 g/mol. The first-order valence-corrected chi connectivity index (χ1v) is 9.56. The fourth-order valence-corrected chi connectivity index (χ4v) is 2.95. The standard InChI is InChI=1S/C21H32N2O5/c1-20(2,3)27-18(25)22-12-13-23(19(26)28-21(4,5)6)16(14-22)17(24)15-10-8-7-9-11-15/h7-11,16,18,25H,12-14H2,1-6H3/t16-,18?/m1/s1. The number of ketones is 1. The quantitative estimate of drug-likeness (QED) is 0.627. The van der Waals surface area contributed by atoms with Crippen molar-refractivity contribution in [3.05, 3.63) is 35.9 Å².